The molecule has 2 atom stereocenters. The lowest BCUT2D eigenvalue weighted by Gasteiger charge is -2.19. The average molecular weight is 228 g/mol. The van der Waals surface area contributed by atoms with Crippen LogP contribution in [0.2, 0.25) is 0 Å². The predicted octanol–water partition coefficient (Wildman–Crippen LogP) is 1.69. The number of hydrogen-bond donors (Lipinski definition) is 2. The minimum Gasteiger partial charge on any atom is -0.327 e. The molecule has 0 saturated heterocycles. The Balaban J connectivity index is 2.65. The van der Waals surface area contributed by atoms with E-state index in [1.54, 1.807) is 0 Å². The van der Waals surface area contributed by atoms with Gasteiger partial charge in [0.1, 0.15) is 11.6 Å². The Bertz CT molecular complexity index is 322. The van der Waals surface area contributed by atoms with E-state index in [0.717, 1.165) is 12.6 Å². The van der Waals surface area contributed by atoms with Gasteiger partial charge in [0.05, 0.1) is 0 Å². The molecule has 4 heteroatoms. The minimum absolute atomic E-state index is 0.103. The van der Waals surface area contributed by atoms with Crippen LogP contribution in [0.25, 0.3) is 0 Å². The summed E-state index contributed by atoms with van der Waals surface area (Å²) in [5.41, 5.74) is 6.56. The van der Waals surface area contributed by atoms with Crippen LogP contribution in [0.15, 0.2) is 18.2 Å². The second kappa shape index (κ2) is 5.92. The van der Waals surface area contributed by atoms with Crippen molar-refractivity contribution >= 4 is 0 Å². The first-order chi connectivity index (χ1) is 7.52. The predicted molar refractivity (Wildman–Crippen MR) is 61.1 cm³/mol. The number of halogens is 2. The third-order valence-corrected chi connectivity index (χ3v) is 2.65. The third kappa shape index (κ3) is 3.87. The number of hydrogen-bond acceptors (Lipinski definition) is 2. The van der Waals surface area contributed by atoms with Crippen LogP contribution in [0.5, 0.6) is 0 Å². The number of nitrogens with one attached hydrogen (secondary N) is 1. The van der Waals surface area contributed by atoms with Gasteiger partial charge in [0.2, 0.25) is 0 Å². The lowest BCUT2D eigenvalue weighted by molar-refractivity contribution is 0.434. The molecule has 0 heterocycles. The van der Waals surface area contributed by atoms with E-state index in [1.165, 1.54) is 12.1 Å². The number of nitrogens with two attached hydrogens (primary N) is 1. The third-order valence-electron chi connectivity index (χ3n) is 2.65. The molecule has 1 aromatic rings. The van der Waals surface area contributed by atoms with Gasteiger partial charge in [0.25, 0.3) is 0 Å². The maximum atomic E-state index is 12.9. The van der Waals surface area contributed by atoms with E-state index in [9.17, 15) is 8.78 Å². The van der Waals surface area contributed by atoms with Crippen molar-refractivity contribution in [3.8, 4) is 0 Å². The van der Waals surface area contributed by atoms with Crippen molar-refractivity contribution in [2.24, 2.45) is 11.7 Å². The number of rotatable bonds is 5. The summed E-state index contributed by atoms with van der Waals surface area (Å²) < 4.78 is 25.9. The summed E-state index contributed by atoms with van der Waals surface area (Å²) in [4.78, 5) is 0. The van der Waals surface area contributed by atoms with Gasteiger partial charge >= 0.3 is 0 Å². The fourth-order valence-electron chi connectivity index (χ4n) is 1.68. The van der Waals surface area contributed by atoms with Gasteiger partial charge in [0, 0.05) is 12.1 Å². The molecule has 3 N–H and O–H groups in total. The molecule has 1 aromatic carbocycles. The standard InChI is InChI=1S/C12H18F2N2/c1-8(7-16-2)12(15)5-9-3-10(13)6-11(14)4-9/h3-4,6,8,12,16H,5,7,15H2,1-2H3. The van der Waals surface area contributed by atoms with E-state index in [1.807, 2.05) is 14.0 Å². The molecule has 0 aliphatic rings. The van der Waals surface area contributed by atoms with E-state index in [2.05, 4.69) is 5.32 Å². The van der Waals surface area contributed by atoms with Gasteiger partial charge in [0.15, 0.2) is 0 Å². The molecule has 0 aliphatic carbocycles. The van der Waals surface area contributed by atoms with Crippen molar-refractivity contribution < 1.29 is 8.78 Å². The molecule has 90 valence electrons. The lowest BCUT2D eigenvalue weighted by Crippen LogP contribution is -2.36. The normalized spacial score (nSPS) is 14.8. The highest BCUT2D eigenvalue weighted by Crippen LogP contribution is 2.12. The Kier molecular flexibility index (Phi) is 4.83. The maximum Gasteiger partial charge on any atom is 0.126 e. The SMILES string of the molecule is CNCC(C)C(N)Cc1cc(F)cc(F)c1. The van der Waals surface area contributed by atoms with Gasteiger partial charge in [-0.2, -0.15) is 0 Å². The molecule has 1 rings (SSSR count). The van der Waals surface area contributed by atoms with E-state index in [-0.39, 0.29) is 12.0 Å². The van der Waals surface area contributed by atoms with Crippen LogP contribution in [-0.2, 0) is 6.42 Å². The fourth-order valence-corrected chi connectivity index (χ4v) is 1.68. The summed E-state index contributed by atoms with van der Waals surface area (Å²) in [6.45, 7) is 2.80. The van der Waals surface area contributed by atoms with Crippen LogP contribution >= 0.6 is 0 Å². The topological polar surface area (TPSA) is 38.0 Å². The van der Waals surface area contributed by atoms with Crippen molar-refractivity contribution in [3.05, 3.63) is 35.4 Å². The van der Waals surface area contributed by atoms with Crippen LogP contribution in [-0.4, -0.2) is 19.6 Å². The van der Waals surface area contributed by atoms with Crippen molar-refractivity contribution in [2.75, 3.05) is 13.6 Å². The monoisotopic (exact) mass is 228 g/mol. The molecule has 0 saturated carbocycles. The zero-order valence-electron chi connectivity index (χ0n) is 9.63. The molecule has 0 fully saturated rings. The van der Waals surface area contributed by atoms with E-state index in [0.29, 0.717) is 12.0 Å². The molecular formula is C12H18F2N2. The first kappa shape index (κ1) is 13.1. The zero-order valence-corrected chi connectivity index (χ0v) is 9.63. The Morgan fingerprint density at radius 1 is 1.25 bits per heavy atom. The van der Waals surface area contributed by atoms with Gasteiger partial charge in [-0.15, -0.1) is 0 Å². The zero-order chi connectivity index (χ0) is 12.1. The summed E-state index contributed by atoms with van der Waals surface area (Å²) in [5, 5.41) is 3.03. The highest BCUT2D eigenvalue weighted by Gasteiger charge is 2.13. The van der Waals surface area contributed by atoms with Gasteiger partial charge in [-0.25, -0.2) is 8.78 Å². The molecule has 2 unspecified atom stereocenters. The molecule has 0 amide bonds. The molecule has 0 spiro atoms. The smallest absolute Gasteiger partial charge is 0.126 e. The largest absolute Gasteiger partial charge is 0.327 e. The average Bonchev–Trinajstić information content (AvgIpc) is 2.16. The Morgan fingerprint density at radius 3 is 2.31 bits per heavy atom. The van der Waals surface area contributed by atoms with Crippen molar-refractivity contribution in [3.63, 3.8) is 0 Å². The molecule has 0 aliphatic heterocycles. The molecule has 16 heavy (non-hydrogen) atoms. The quantitative estimate of drug-likeness (QED) is 0.805. The number of benzene rings is 1. The van der Waals surface area contributed by atoms with Crippen molar-refractivity contribution in [2.45, 2.75) is 19.4 Å². The second-order valence-corrected chi connectivity index (χ2v) is 4.18. The van der Waals surface area contributed by atoms with Gasteiger partial charge < -0.3 is 11.1 Å². The molecule has 0 aromatic heterocycles. The van der Waals surface area contributed by atoms with Crippen LogP contribution in [0.4, 0.5) is 8.78 Å². The fraction of sp³-hybridized carbons (Fsp3) is 0.500. The molecular weight excluding hydrogens is 210 g/mol. The Labute approximate surface area is 94.8 Å². The van der Waals surface area contributed by atoms with Gasteiger partial charge in [-0.05, 0) is 43.6 Å². The van der Waals surface area contributed by atoms with Crippen LogP contribution in [0, 0.1) is 17.6 Å². The summed E-state index contributed by atoms with van der Waals surface area (Å²) in [7, 11) is 1.85. The Hall–Kier alpha value is -1.00. The molecule has 0 bridgehead atoms. The second-order valence-electron chi connectivity index (χ2n) is 4.18. The van der Waals surface area contributed by atoms with E-state index in [4.69, 9.17) is 5.73 Å². The summed E-state index contributed by atoms with van der Waals surface area (Å²) in [5.74, 6) is -0.844. The first-order valence-electron chi connectivity index (χ1n) is 5.38. The lowest BCUT2D eigenvalue weighted by atomic mass is 9.95. The van der Waals surface area contributed by atoms with E-state index < -0.39 is 11.6 Å². The molecule has 0 radical (unpaired) electrons. The van der Waals surface area contributed by atoms with Gasteiger partial charge in [-0.1, -0.05) is 6.92 Å². The highest BCUT2D eigenvalue weighted by atomic mass is 19.1. The van der Waals surface area contributed by atoms with Crippen LogP contribution < -0.4 is 11.1 Å². The maximum absolute atomic E-state index is 12.9. The van der Waals surface area contributed by atoms with Crippen molar-refractivity contribution in [1.29, 1.82) is 0 Å². The summed E-state index contributed by atoms with van der Waals surface area (Å²) >= 11 is 0. The summed E-state index contributed by atoms with van der Waals surface area (Å²) in [6.07, 6.45) is 0.484. The summed E-state index contributed by atoms with van der Waals surface area (Å²) in [6, 6.07) is 3.42. The van der Waals surface area contributed by atoms with E-state index >= 15 is 0 Å². The Morgan fingerprint density at radius 2 is 1.81 bits per heavy atom. The van der Waals surface area contributed by atoms with Crippen LogP contribution in [0.1, 0.15) is 12.5 Å². The van der Waals surface area contributed by atoms with Crippen LogP contribution in [0.3, 0.4) is 0 Å². The minimum atomic E-state index is -0.552. The van der Waals surface area contributed by atoms with Gasteiger partial charge in [-0.3, -0.25) is 0 Å². The highest BCUT2D eigenvalue weighted by molar-refractivity contribution is 5.19. The first-order valence-corrected chi connectivity index (χ1v) is 5.38. The van der Waals surface area contributed by atoms with Crippen molar-refractivity contribution in [1.82, 2.24) is 5.32 Å². The molecule has 2 nitrogen and oxygen atoms in total.